The monoisotopic (exact) mass is 404 g/mol. The molecule has 0 aliphatic carbocycles. The van der Waals surface area contributed by atoms with Crippen molar-refractivity contribution in [1.82, 2.24) is 0 Å². The average molecular weight is 405 g/mol. The van der Waals surface area contributed by atoms with Crippen LogP contribution in [0.25, 0.3) is 65.0 Å². The van der Waals surface area contributed by atoms with Gasteiger partial charge in [0.05, 0.1) is 0 Å². The van der Waals surface area contributed by atoms with E-state index in [0.717, 1.165) is 0 Å². The van der Waals surface area contributed by atoms with E-state index in [0.29, 0.717) is 0 Å². The van der Waals surface area contributed by atoms with Gasteiger partial charge in [-0.05, 0) is 95.3 Å². The maximum absolute atomic E-state index is 2.37. The van der Waals surface area contributed by atoms with Gasteiger partial charge in [-0.2, -0.15) is 0 Å². The molecule has 0 saturated carbocycles. The van der Waals surface area contributed by atoms with Crippen LogP contribution in [-0.2, 0) is 0 Å². The highest BCUT2D eigenvalue weighted by Crippen LogP contribution is 2.39. The van der Waals surface area contributed by atoms with E-state index in [2.05, 4.69) is 121 Å². The van der Waals surface area contributed by atoms with Gasteiger partial charge in [-0.15, -0.1) is 0 Å². The van der Waals surface area contributed by atoms with Gasteiger partial charge in [0.15, 0.2) is 0 Å². The zero-order valence-electron chi connectivity index (χ0n) is 17.5. The molecule has 7 rings (SSSR count). The summed E-state index contributed by atoms with van der Waals surface area (Å²) in [4.78, 5) is 0. The molecule has 0 saturated heterocycles. The van der Waals surface area contributed by atoms with E-state index in [1.165, 1.54) is 65.0 Å². The number of benzene rings is 7. The predicted molar refractivity (Wildman–Crippen MR) is 139 cm³/mol. The van der Waals surface area contributed by atoms with Gasteiger partial charge in [0.1, 0.15) is 0 Å². The molecule has 0 amide bonds. The lowest BCUT2D eigenvalue weighted by atomic mass is 9.89. The van der Waals surface area contributed by atoms with Crippen LogP contribution in [0, 0.1) is 0 Å². The van der Waals surface area contributed by atoms with E-state index in [-0.39, 0.29) is 0 Å². The fourth-order valence-electron chi connectivity index (χ4n) is 5.23. The van der Waals surface area contributed by atoms with E-state index >= 15 is 0 Å². The standard InChI is InChI=1S/C32H20/c1-2-9-22-17-26-20-31-23(18-25(26)16-21(22)8-1)11-7-15-30(31)32-19-24-10-3-4-12-27(24)28-13-5-6-14-29(28)32/h1-20H. The molecule has 0 bridgehead atoms. The molecule has 0 unspecified atom stereocenters. The Morgan fingerprint density at radius 3 is 1.56 bits per heavy atom. The zero-order chi connectivity index (χ0) is 21.1. The lowest BCUT2D eigenvalue weighted by Crippen LogP contribution is -1.87. The summed E-state index contributed by atoms with van der Waals surface area (Å²) in [6.45, 7) is 0. The maximum atomic E-state index is 2.37. The molecular weight excluding hydrogens is 384 g/mol. The summed E-state index contributed by atoms with van der Waals surface area (Å²) in [6, 6.07) is 44.5. The summed E-state index contributed by atoms with van der Waals surface area (Å²) in [6.07, 6.45) is 0. The molecule has 7 aromatic carbocycles. The van der Waals surface area contributed by atoms with Crippen LogP contribution < -0.4 is 0 Å². The molecule has 0 aromatic heterocycles. The summed E-state index contributed by atoms with van der Waals surface area (Å²) in [5, 5.41) is 12.9. The Hall–Kier alpha value is -4.16. The first kappa shape index (κ1) is 17.5. The Labute approximate surface area is 186 Å². The SMILES string of the molecule is c1ccc2cc3cc4c(-c5cc6ccccc6c6ccccc56)cccc4cc3cc2c1. The van der Waals surface area contributed by atoms with E-state index in [1.54, 1.807) is 0 Å². The molecule has 0 radical (unpaired) electrons. The van der Waals surface area contributed by atoms with Gasteiger partial charge in [0.25, 0.3) is 0 Å². The second-order valence-corrected chi connectivity index (χ2v) is 8.62. The van der Waals surface area contributed by atoms with Gasteiger partial charge in [0, 0.05) is 0 Å². The highest BCUT2D eigenvalue weighted by Gasteiger charge is 2.12. The predicted octanol–water partition coefficient (Wildman–Crippen LogP) is 9.12. The first-order valence-electron chi connectivity index (χ1n) is 11.1. The van der Waals surface area contributed by atoms with Gasteiger partial charge in [0.2, 0.25) is 0 Å². The van der Waals surface area contributed by atoms with E-state index in [9.17, 15) is 0 Å². The Morgan fingerprint density at radius 2 is 0.781 bits per heavy atom. The molecule has 0 nitrogen and oxygen atoms in total. The van der Waals surface area contributed by atoms with Crippen molar-refractivity contribution in [3.05, 3.63) is 121 Å². The minimum absolute atomic E-state index is 1.28. The smallest absolute Gasteiger partial charge is 0.00928 e. The Balaban J connectivity index is 1.60. The fourth-order valence-corrected chi connectivity index (χ4v) is 5.23. The van der Waals surface area contributed by atoms with Crippen LogP contribution in [0.15, 0.2) is 121 Å². The average Bonchev–Trinajstić information content (AvgIpc) is 2.85. The highest BCUT2D eigenvalue weighted by atomic mass is 14.1. The summed E-state index contributed by atoms with van der Waals surface area (Å²) in [7, 11) is 0. The molecule has 0 fully saturated rings. The van der Waals surface area contributed by atoms with Crippen LogP contribution in [0.1, 0.15) is 0 Å². The molecule has 0 heteroatoms. The Kier molecular flexibility index (Phi) is 3.65. The molecule has 32 heavy (non-hydrogen) atoms. The third kappa shape index (κ3) is 2.57. The van der Waals surface area contributed by atoms with Crippen molar-refractivity contribution in [3.63, 3.8) is 0 Å². The lowest BCUT2D eigenvalue weighted by Gasteiger charge is -2.14. The van der Waals surface area contributed by atoms with Gasteiger partial charge in [-0.1, -0.05) is 91.0 Å². The maximum Gasteiger partial charge on any atom is -0.00928 e. The minimum Gasteiger partial charge on any atom is -0.0616 e. The van der Waals surface area contributed by atoms with Crippen LogP contribution in [0.2, 0.25) is 0 Å². The fraction of sp³-hybridized carbons (Fsp3) is 0. The molecule has 0 atom stereocenters. The van der Waals surface area contributed by atoms with E-state index in [4.69, 9.17) is 0 Å². The first-order chi connectivity index (χ1) is 15.8. The Morgan fingerprint density at radius 1 is 0.250 bits per heavy atom. The van der Waals surface area contributed by atoms with Crippen molar-refractivity contribution in [2.24, 2.45) is 0 Å². The topological polar surface area (TPSA) is 0 Å². The highest BCUT2D eigenvalue weighted by molar-refractivity contribution is 6.17. The first-order valence-corrected chi connectivity index (χ1v) is 11.1. The third-order valence-electron chi connectivity index (χ3n) is 6.76. The molecule has 148 valence electrons. The molecule has 7 aromatic rings. The van der Waals surface area contributed by atoms with Crippen molar-refractivity contribution in [1.29, 1.82) is 0 Å². The molecule has 0 aliphatic heterocycles. The molecule has 0 spiro atoms. The van der Waals surface area contributed by atoms with E-state index in [1.807, 2.05) is 0 Å². The second kappa shape index (κ2) is 6.67. The quantitative estimate of drug-likeness (QED) is 0.189. The van der Waals surface area contributed by atoms with Gasteiger partial charge in [-0.3, -0.25) is 0 Å². The molecule has 0 heterocycles. The lowest BCUT2D eigenvalue weighted by molar-refractivity contribution is 1.71. The number of fused-ring (bicyclic) bond motifs is 6. The van der Waals surface area contributed by atoms with Crippen LogP contribution >= 0.6 is 0 Å². The van der Waals surface area contributed by atoms with Gasteiger partial charge in [-0.25, -0.2) is 0 Å². The van der Waals surface area contributed by atoms with Gasteiger partial charge >= 0.3 is 0 Å². The summed E-state index contributed by atoms with van der Waals surface area (Å²) < 4.78 is 0. The summed E-state index contributed by atoms with van der Waals surface area (Å²) in [5.41, 5.74) is 2.59. The van der Waals surface area contributed by atoms with Crippen LogP contribution in [0.3, 0.4) is 0 Å². The Bertz CT molecular complexity index is 1820. The summed E-state index contributed by atoms with van der Waals surface area (Å²) in [5.74, 6) is 0. The number of hydrogen-bond acceptors (Lipinski definition) is 0. The van der Waals surface area contributed by atoms with Crippen molar-refractivity contribution in [2.45, 2.75) is 0 Å². The van der Waals surface area contributed by atoms with Crippen LogP contribution in [-0.4, -0.2) is 0 Å². The second-order valence-electron chi connectivity index (χ2n) is 8.62. The van der Waals surface area contributed by atoms with Crippen molar-refractivity contribution < 1.29 is 0 Å². The van der Waals surface area contributed by atoms with Crippen LogP contribution in [0.5, 0.6) is 0 Å². The number of hydrogen-bond donors (Lipinski definition) is 0. The van der Waals surface area contributed by atoms with Crippen LogP contribution in [0.4, 0.5) is 0 Å². The number of rotatable bonds is 1. The summed E-state index contributed by atoms with van der Waals surface area (Å²) >= 11 is 0. The molecular formula is C32H20. The zero-order valence-corrected chi connectivity index (χ0v) is 17.5. The van der Waals surface area contributed by atoms with E-state index < -0.39 is 0 Å². The third-order valence-corrected chi connectivity index (χ3v) is 6.76. The minimum atomic E-state index is 1.28. The van der Waals surface area contributed by atoms with Gasteiger partial charge < -0.3 is 0 Å². The van der Waals surface area contributed by atoms with Crippen molar-refractivity contribution in [3.8, 4) is 11.1 Å². The molecule has 0 aliphatic rings. The molecule has 0 N–H and O–H groups in total. The normalized spacial score (nSPS) is 11.8. The largest absolute Gasteiger partial charge is 0.0616 e. The van der Waals surface area contributed by atoms with Crippen molar-refractivity contribution >= 4 is 53.9 Å². The van der Waals surface area contributed by atoms with Crippen molar-refractivity contribution in [2.75, 3.05) is 0 Å².